The van der Waals surface area contributed by atoms with E-state index in [1.165, 1.54) is 5.01 Å². The van der Waals surface area contributed by atoms with Gasteiger partial charge < -0.3 is 20.7 Å². The maximum atomic E-state index is 13.0. The highest BCUT2D eigenvalue weighted by molar-refractivity contribution is 5.88. The van der Waals surface area contributed by atoms with Gasteiger partial charge in [0.25, 0.3) is 0 Å². The van der Waals surface area contributed by atoms with E-state index in [4.69, 9.17) is 9.72 Å². The average Bonchev–Trinajstić information content (AvgIpc) is 3.00. The number of ether oxygens (including phenoxy) is 1. The normalized spacial score (nSPS) is 24.8. The van der Waals surface area contributed by atoms with Gasteiger partial charge >= 0.3 is 5.97 Å². The molecule has 3 atom stereocenters. The molecular weight excluding hydrogens is 548 g/mol. The zero-order chi connectivity index (χ0) is 30.8. The molecule has 4 N–H and O–H groups in total. The highest BCUT2D eigenvalue weighted by atomic mass is 16.5. The van der Waals surface area contributed by atoms with E-state index >= 15 is 0 Å². The van der Waals surface area contributed by atoms with Crippen LogP contribution in [0.2, 0.25) is 0 Å². The summed E-state index contributed by atoms with van der Waals surface area (Å²) in [4.78, 5) is 56.0. The predicted molar refractivity (Wildman–Crippen MR) is 164 cm³/mol. The number of amides is 3. The van der Waals surface area contributed by atoms with Crippen molar-refractivity contribution in [1.82, 2.24) is 31.4 Å². The Bertz CT molecular complexity index is 1330. The van der Waals surface area contributed by atoms with Gasteiger partial charge in [-0.15, -0.1) is 0 Å². The molecule has 0 aliphatic carbocycles. The van der Waals surface area contributed by atoms with Crippen molar-refractivity contribution in [1.29, 1.82) is 0 Å². The molecule has 4 rings (SSSR count). The van der Waals surface area contributed by atoms with Crippen LogP contribution >= 0.6 is 0 Å². The Morgan fingerprint density at radius 1 is 1.00 bits per heavy atom. The molecule has 3 heterocycles. The standard InChI is InChI=1S/C32H44N6O5/c1-21(2)30-31(41)34-17-6-10-29(40)38-19-7-9-26(37-38)32(42)43-22(3)25-14-13-24-12-11-23(20-27(24)35-25)8-4-5-16-33-18-15-28(39)36-30/h4,8,11-14,20-22,26,30,33,37H,5-7,9-10,15-19H2,1-3H3,(H,34,41)(H,36,39)/b8-4+/t22-,26+,30+/m1/s1. The van der Waals surface area contributed by atoms with Gasteiger partial charge in [-0.2, -0.15) is 0 Å². The number of aromatic nitrogens is 1. The molecule has 5 bridgehead atoms. The molecule has 2 aliphatic heterocycles. The lowest BCUT2D eigenvalue weighted by Crippen LogP contribution is -2.55. The number of fused-ring (bicyclic) bond motifs is 4. The van der Waals surface area contributed by atoms with Crippen molar-refractivity contribution in [3.63, 3.8) is 0 Å². The summed E-state index contributed by atoms with van der Waals surface area (Å²) < 4.78 is 5.78. The van der Waals surface area contributed by atoms with E-state index in [9.17, 15) is 19.2 Å². The second kappa shape index (κ2) is 15.6. The molecule has 11 heteroatoms. The van der Waals surface area contributed by atoms with Crippen LogP contribution in [0.25, 0.3) is 17.0 Å². The van der Waals surface area contributed by atoms with E-state index < -0.39 is 24.2 Å². The Kier molecular flexibility index (Phi) is 11.6. The van der Waals surface area contributed by atoms with E-state index in [1.54, 1.807) is 6.92 Å². The van der Waals surface area contributed by atoms with Gasteiger partial charge in [-0.3, -0.25) is 24.2 Å². The topological polar surface area (TPSA) is 142 Å². The van der Waals surface area contributed by atoms with Gasteiger partial charge in [-0.05, 0) is 62.8 Å². The minimum absolute atomic E-state index is 0.0897. The predicted octanol–water partition coefficient (Wildman–Crippen LogP) is 2.77. The number of hydrogen-bond acceptors (Lipinski definition) is 8. The minimum Gasteiger partial charge on any atom is -0.455 e. The van der Waals surface area contributed by atoms with E-state index in [1.807, 2.05) is 50.3 Å². The van der Waals surface area contributed by atoms with Crippen LogP contribution in [0.15, 0.2) is 36.4 Å². The first-order valence-corrected chi connectivity index (χ1v) is 15.3. The molecule has 0 spiro atoms. The maximum Gasteiger partial charge on any atom is 0.325 e. The van der Waals surface area contributed by atoms with E-state index in [0.717, 1.165) is 22.9 Å². The number of benzene rings is 1. The summed E-state index contributed by atoms with van der Waals surface area (Å²) in [6, 6.07) is 8.59. The Balaban J connectivity index is 1.46. The summed E-state index contributed by atoms with van der Waals surface area (Å²) in [6.07, 6.45) is 6.45. The molecule has 232 valence electrons. The van der Waals surface area contributed by atoms with Crippen LogP contribution in [0.5, 0.6) is 0 Å². The molecule has 1 fully saturated rings. The summed E-state index contributed by atoms with van der Waals surface area (Å²) in [5.74, 6) is -1.13. The molecule has 2 aliphatic rings. The average molecular weight is 593 g/mol. The van der Waals surface area contributed by atoms with Crippen molar-refractivity contribution in [2.45, 2.75) is 77.5 Å². The number of carbonyl (C=O) groups is 4. The van der Waals surface area contributed by atoms with Gasteiger partial charge in [-0.1, -0.05) is 44.2 Å². The number of rotatable bonds is 1. The fourth-order valence-electron chi connectivity index (χ4n) is 5.14. The lowest BCUT2D eigenvalue weighted by atomic mass is 10.0. The molecule has 1 aromatic heterocycles. The summed E-state index contributed by atoms with van der Waals surface area (Å²) in [7, 11) is 0. The number of carbonyl (C=O) groups excluding carboxylic acids is 4. The minimum atomic E-state index is -0.654. The van der Waals surface area contributed by atoms with E-state index in [0.29, 0.717) is 51.1 Å². The van der Waals surface area contributed by atoms with Crippen molar-refractivity contribution in [3.05, 3.63) is 47.7 Å². The van der Waals surface area contributed by atoms with Gasteiger partial charge in [0.05, 0.1) is 11.2 Å². The van der Waals surface area contributed by atoms with Crippen molar-refractivity contribution in [2.75, 3.05) is 26.2 Å². The number of esters is 1. The third-order valence-corrected chi connectivity index (χ3v) is 7.68. The number of hydrogen-bond donors (Lipinski definition) is 4. The second-order valence-corrected chi connectivity index (χ2v) is 11.5. The van der Waals surface area contributed by atoms with Crippen LogP contribution < -0.4 is 21.4 Å². The Morgan fingerprint density at radius 3 is 2.63 bits per heavy atom. The molecule has 0 radical (unpaired) electrons. The smallest absolute Gasteiger partial charge is 0.325 e. The second-order valence-electron chi connectivity index (χ2n) is 11.5. The van der Waals surface area contributed by atoms with Crippen LogP contribution in [-0.2, 0) is 23.9 Å². The number of cyclic esters (lactones) is 1. The van der Waals surface area contributed by atoms with Crippen molar-refractivity contribution < 1.29 is 23.9 Å². The lowest BCUT2D eigenvalue weighted by Gasteiger charge is -2.33. The molecule has 0 saturated carbocycles. The largest absolute Gasteiger partial charge is 0.455 e. The molecular formula is C32H44N6O5. The van der Waals surface area contributed by atoms with Crippen LogP contribution in [-0.4, -0.2) is 71.9 Å². The van der Waals surface area contributed by atoms with E-state index in [2.05, 4.69) is 27.5 Å². The number of nitrogens with one attached hydrogen (secondary N) is 4. The molecule has 11 nitrogen and oxygen atoms in total. The van der Waals surface area contributed by atoms with Crippen LogP contribution in [0.1, 0.15) is 76.7 Å². The summed E-state index contributed by atoms with van der Waals surface area (Å²) in [5, 5.41) is 11.4. The Labute approximate surface area is 253 Å². The van der Waals surface area contributed by atoms with Gasteiger partial charge in [0, 0.05) is 37.9 Å². The molecule has 3 amide bonds. The zero-order valence-electron chi connectivity index (χ0n) is 25.4. The molecule has 43 heavy (non-hydrogen) atoms. The van der Waals surface area contributed by atoms with Crippen molar-refractivity contribution in [2.24, 2.45) is 5.92 Å². The quantitative estimate of drug-likeness (QED) is 0.371. The summed E-state index contributed by atoms with van der Waals surface area (Å²) in [6.45, 7) is 7.57. The molecule has 2 aromatic rings. The number of pyridine rings is 1. The van der Waals surface area contributed by atoms with Gasteiger partial charge in [0.15, 0.2) is 0 Å². The Hall–Kier alpha value is -3.83. The first-order chi connectivity index (χ1) is 20.7. The maximum absolute atomic E-state index is 13.0. The molecule has 1 saturated heterocycles. The lowest BCUT2D eigenvalue weighted by molar-refractivity contribution is -0.156. The van der Waals surface area contributed by atoms with Gasteiger partial charge in [-0.25, -0.2) is 10.4 Å². The third kappa shape index (κ3) is 9.33. The van der Waals surface area contributed by atoms with E-state index in [-0.39, 0.29) is 36.5 Å². The third-order valence-electron chi connectivity index (χ3n) is 7.68. The van der Waals surface area contributed by atoms with Crippen LogP contribution in [0, 0.1) is 5.92 Å². The molecule has 1 aromatic carbocycles. The van der Waals surface area contributed by atoms with Crippen LogP contribution in [0.3, 0.4) is 0 Å². The fraction of sp³-hybridized carbons (Fsp3) is 0.531. The van der Waals surface area contributed by atoms with Gasteiger partial charge in [0.1, 0.15) is 18.2 Å². The van der Waals surface area contributed by atoms with Crippen molar-refractivity contribution >= 4 is 40.7 Å². The monoisotopic (exact) mass is 592 g/mol. The summed E-state index contributed by atoms with van der Waals surface area (Å²) >= 11 is 0. The number of hydrazine groups is 1. The van der Waals surface area contributed by atoms with Gasteiger partial charge in [0.2, 0.25) is 17.7 Å². The first-order valence-electron chi connectivity index (χ1n) is 15.3. The zero-order valence-corrected chi connectivity index (χ0v) is 25.4. The highest BCUT2D eigenvalue weighted by Crippen LogP contribution is 2.22. The molecule has 0 unspecified atom stereocenters. The Morgan fingerprint density at radius 2 is 1.81 bits per heavy atom. The number of nitrogens with zero attached hydrogens (tertiary/aromatic N) is 2. The van der Waals surface area contributed by atoms with Crippen LogP contribution in [0.4, 0.5) is 0 Å². The van der Waals surface area contributed by atoms with Crippen molar-refractivity contribution in [3.8, 4) is 0 Å². The SMILES string of the molecule is CC(C)[C@@H]1NC(=O)CCNCC/C=C/c2ccc3ccc(nc3c2)[C@@H](C)OC(=O)[C@@H]2CCCN(N2)C(=O)CCCNC1=O. The first kappa shape index (κ1) is 32.1. The highest BCUT2D eigenvalue weighted by Gasteiger charge is 2.30. The summed E-state index contributed by atoms with van der Waals surface area (Å²) in [5.41, 5.74) is 5.50. The fourth-order valence-corrected chi connectivity index (χ4v) is 5.14.